The van der Waals surface area contributed by atoms with Crippen LogP contribution in [-0.4, -0.2) is 23.5 Å². The number of nitrogens with two attached hydrogens (primary N) is 1. The zero-order valence-electron chi connectivity index (χ0n) is 12.9. The van der Waals surface area contributed by atoms with Crippen molar-refractivity contribution < 1.29 is 0 Å². The molecule has 0 saturated carbocycles. The summed E-state index contributed by atoms with van der Waals surface area (Å²) in [5, 5.41) is 1.14. The fourth-order valence-corrected chi connectivity index (χ4v) is 3.51. The van der Waals surface area contributed by atoms with Crippen molar-refractivity contribution in [3.05, 3.63) is 33.8 Å². The maximum absolute atomic E-state index is 6.62. The molecule has 2 N–H and O–H groups in total. The number of rotatable bonds is 7. The molecule has 1 rings (SSSR count). The van der Waals surface area contributed by atoms with Gasteiger partial charge in [-0.1, -0.05) is 57.0 Å². The summed E-state index contributed by atoms with van der Waals surface area (Å²) in [5.74, 6) is 0. The lowest BCUT2D eigenvalue weighted by atomic mass is 9.79. The van der Waals surface area contributed by atoms with E-state index in [1.807, 2.05) is 18.2 Å². The molecule has 0 aliphatic carbocycles. The standard InChI is InChI=1S/C16H26Cl2N2/c1-5-16(6-2,20(7-3)8-4)15(19)12-9-10-13(17)14(18)11-12/h9-11,15H,5-8,19H2,1-4H3. The number of likely N-dealkylation sites (N-methyl/N-ethyl adjacent to an activating group) is 1. The molecule has 2 nitrogen and oxygen atoms in total. The van der Waals surface area contributed by atoms with E-state index in [-0.39, 0.29) is 11.6 Å². The molecule has 1 atom stereocenters. The Morgan fingerprint density at radius 2 is 1.60 bits per heavy atom. The second-order valence-electron chi connectivity index (χ2n) is 5.13. The summed E-state index contributed by atoms with van der Waals surface area (Å²) < 4.78 is 0. The van der Waals surface area contributed by atoms with Crippen LogP contribution in [0.15, 0.2) is 18.2 Å². The molecule has 20 heavy (non-hydrogen) atoms. The second kappa shape index (κ2) is 7.65. The van der Waals surface area contributed by atoms with Gasteiger partial charge in [0.1, 0.15) is 0 Å². The van der Waals surface area contributed by atoms with Crippen molar-refractivity contribution >= 4 is 23.2 Å². The van der Waals surface area contributed by atoms with Gasteiger partial charge in [-0.25, -0.2) is 0 Å². The first-order valence-electron chi connectivity index (χ1n) is 7.42. The summed E-state index contributed by atoms with van der Waals surface area (Å²) in [5.41, 5.74) is 7.63. The van der Waals surface area contributed by atoms with Crippen LogP contribution in [0, 0.1) is 0 Å². The highest BCUT2D eigenvalue weighted by Gasteiger charge is 2.38. The zero-order chi connectivity index (χ0) is 15.3. The summed E-state index contributed by atoms with van der Waals surface area (Å²) in [7, 11) is 0. The fourth-order valence-electron chi connectivity index (χ4n) is 3.20. The molecule has 0 aromatic heterocycles. The minimum absolute atomic E-state index is 0.0410. The van der Waals surface area contributed by atoms with Gasteiger partial charge in [0, 0.05) is 11.6 Å². The van der Waals surface area contributed by atoms with Crippen LogP contribution in [0.1, 0.15) is 52.1 Å². The molecule has 0 amide bonds. The summed E-state index contributed by atoms with van der Waals surface area (Å²) in [4.78, 5) is 2.46. The Morgan fingerprint density at radius 3 is 2.00 bits per heavy atom. The van der Waals surface area contributed by atoms with Crippen molar-refractivity contribution in [2.45, 2.75) is 52.1 Å². The van der Waals surface area contributed by atoms with Crippen LogP contribution in [0.3, 0.4) is 0 Å². The molecule has 1 unspecified atom stereocenters. The highest BCUT2D eigenvalue weighted by molar-refractivity contribution is 6.42. The first-order valence-corrected chi connectivity index (χ1v) is 8.17. The minimum Gasteiger partial charge on any atom is -0.322 e. The molecule has 0 aliphatic rings. The predicted octanol–water partition coefficient (Wildman–Crippen LogP) is 4.89. The SMILES string of the molecule is CCN(CC)C(CC)(CC)C(N)c1ccc(Cl)c(Cl)c1. The van der Waals surface area contributed by atoms with E-state index in [2.05, 4.69) is 32.6 Å². The summed E-state index contributed by atoms with van der Waals surface area (Å²) in [6, 6.07) is 5.64. The van der Waals surface area contributed by atoms with Crippen LogP contribution in [-0.2, 0) is 0 Å². The molecule has 4 heteroatoms. The lowest BCUT2D eigenvalue weighted by Crippen LogP contribution is -2.54. The smallest absolute Gasteiger partial charge is 0.0595 e. The zero-order valence-corrected chi connectivity index (χ0v) is 14.4. The fraction of sp³-hybridized carbons (Fsp3) is 0.625. The van der Waals surface area contributed by atoms with E-state index in [0.717, 1.165) is 31.5 Å². The van der Waals surface area contributed by atoms with Crippen molar-refractivity contribution in [1.29, 1.82) is 0 Å². The van der Waals surface area contributed by atoms with Crippen molar-refractivity contribution in [2.75, 3.05) is 13.1 Å². The highest BCUT2D eigenvalue weighted by Crippen LogP contribution is 2.37. The van der Waals surface area contributed by atoms with Gasteiger partial charge in [-0.3, -0.25) is 4.90 Å². The molecule has 0 aliphatic heterocycles. The van der Waals surface area contributed by atoms with Crippen LogP contribution in [0.5, 0.6) is 0 Å². The Kier molecular flexibility index (Phi) is 6.80. The molecule has 0 heterocycles. The van der Waals surface area contributed by atoms with Crippen LogP contribution in [0.4, 0.5) is 0 Å². The molecular formula is C16H26Cl2N2. The van der Waals surface area contributed by atoms with Crippen molar-refractivity contribution in [2.24, 2.45) is 5.73 Å². The van der Waals surface area contributed by atoms with Gasteiger partial charge in [0.05, 0.1) is 10.0 Å². The molecule has 1 aromatic rings. The van der Waals surface area contributed by atoms with E-state index >= 15 is 0 Å². The molecular weight excluding hydrogens is 291 g/mol. The molecule has 0 bridgehead atoms. The van der Waals surface area contributed by atoms with Crippen LogP contribution in [0.25, 0.3) is 0 Å². The largest absolute Gasteiger partial charge is 0.322 e. The number of halogens is 2. The Balaban J connectivity index is 3.22. The topological polar surface area (TPSA) is 29.3 Å². The monoisotopic (exact) mass is 316 g/mol. The number of hydrogen-bond donors (Lipinski definition) is 1. The maximum atomic E-state index is 6.62. The Labute approximate surface area is 133 Å². The van der Waals surface area contributed by atoms with E-state index in [1.165, 1.54) is 0 Å². The first kappa shape index (κ1) is 17.8. The lowest BCUT2D eigenvalue weighted by Gasteiger charge is -2.46. The Hall–Kier alpha value is -0.280. The van der Waals surface area contributed by atoms with Crippen molar-refractivity contribution in [1.82, 2.24) is 4.90 Å². The van der Waals surface area contributed by atoms with E-state index in [9.17, 15) is 0 Å². The van der Waals surface area contributed by atoms with Crippen LogP contribution < -0.4 is 5.73 Å². The van der Waals surface area contributed by atoms with Gasteiger partial charge in [-0.2, -0.15) is 0 Å². The maximum Gasteiger partial charge on any atom is 0.0595 e. The molecule has 1 aromatic carbocycles. The third-order valence-corrected chi connectivity index (χ3v) is 5.24. The van der Waals surface area contributed by atoms with Crippen molar-refractivity contribution in [3.8, 4) is 0 Å². The second-order valence-corrected chi connectivity index (χ2v) is 5.95. The quantitative estimate of drug-likeness (QED) is 0.775. The van der Waals surface area contributed by atoms with Gasteiger partial charge in [0.25, 0.3) is 0 Å². The Morgan fingerprint density at radius 1 is 1.05 bits per heavy atom. The van der Waals surface area contributed by atoms with Crippen LogP contribution in [0.2, 0.25) is 10.0 Å². The molecule has 0 radical (unpaired) electrons. The van der Waals surface area contributed by atoms with E-state index in [0.29, 0.717) is 10.0 Å². The lowest BCUT2D eigenvalue weighted by molar-refractivity contribution is 0.0625. The number of benzene rings is 1. The summed E-state index contributed by atoms with van der Waals surface area (Å²) in [6.45, 7) is 10.8. The van der Waals surface area contributed by atoms with Gasteiger partial charge < -0.3 is 5.73 Å². The first-order chi connectivity index (χ1) is 9.46. The van der Waals surface area contributed by atoms with Gasteiger partial charge in [0.2, 0.25) is 0 Å². The highest BCUT2D eigenvalue weighted by atomic mass is 35.5. The van der Waals surface area contributed by atoms with E-state index in [1.54, 1.807) is 0 Å². The minimum atomic E-state index is -0.0767. The molecule has 0 spiro atoms. The van der Waals surface area contributed by atoms with Gasteiger partial charge >= 0.3 is 0 Å². The molecule has 114 valence electrons. The van der Waals surface area contributed by atoms with E-state index < -0.39 is 0 Å². The van der Waals surface area contributed by atoms with Crippen molar-refractivity contribution in [3.63, 3.8) is 0 Å². The molecule has 0 fully saturated rings. The third-order valence-electron chi connectivity index (χ3n) is 4.50. The molecule has 0 saturated heterocycles. The summed E-state index contributed by atoms with van der Waals surface area (Å²) >= 11 is 12.1. The van der Waals surface area contributed by atoms with E-state index in [4.69, 9.17) is 28.9 Å². The third kappa shape index (κ3) is 3.30. The average Bonchev–Trinajstić information content (AvgIpc) is 2.47. The Bertz CT molecular complexity index is 426. The normalized spacial score (nSPS) is 13.8. The van der Waals surface area contributed by atoms with Gasteiger partial charge in [-0.05, 0) is 43.6 Å². The number of hydrogen-bond acceptors (Lipinski definition) is 2. The predicted molar refractivity (Wildman–Crippen MR) is 89.6 cm³/mol. The van der Waals surface area contributed by atoms with Crippen LogP contribution >= 0.6 is 23.2 Å². The van der Waals surface area contributed by atoms with Gasteiger partial charge in [-0.15, -0.1) is 0 Å². The average molecular weight is 317 g/mol. The number of nitrogens with zero attached hydrogens (tertiary/aromatic N) is 1. The summed E-state index contributed by atoms with van der Waals surface area (Å²) in [6.07, 6.45) is 2.01. The van der Waals surface area contributed by atoms with Gasteiger partial charge in [0.15, 0.2) is 0 Å².